The minimum absolute atomic E-state index is 0.0868. The van der Waals surface area contributed by atoms with Gasteiger partial charge < -0.3 is 14.4 Å². The molecule has 2 fully saturated rings. The number of hydrogen-bond donors (Lipinski definition) is 0. The standard InChI is InChI=1S/C18H21Cl2NO4/c1-24-18(23)15-8-11-4-2-3-5-14(11)21(15)17(22)10-25-16-9-12(19)6-7-13(16)20/h6-7,9,11,14-15H,2-5,8,10H2,1H3/t11-,14-,15-/m0/s1. The van der Waals surface area contributed by atoms with E-state index in [0.717, 1.165) is 25.7 Å². The number of halogens is 2. The zero-order valence-corrected chi connectivity index (χ0v) is 15.6. The number of hydrogen-bond acceptors (Lipinski definition) is 4. The van der Waals surface area contributed by atoms with Crippen LogP contribution in [0.4, 0.5) is 0 Å². The van der Waals surface area contributed by atoms with Crippen LogP contribution >= 0.6 is 23.2 Å². The van der Waals surface area contributed by atoms with Crippen molar-refractivity contribution in [2.75, 3.05) is 13.7 Å². The normalized spacial score (nSPS) is 25.4. The van der Waals surface area contributed by atoms with E-state index in [2.05, 4.69) is 0 Å². The molecule has 0 bridgehead atoms. The third kappa shape index (κ3) is 3.87. The lowest BCUT2D eigenvalue weighted by molar-refractivity contribution is -0.153. The van der Waals surface area contributed by atoms with Gasteiger partial charge in [0.1, 0.15) is 11.8 Å². The molecule has 1 saturated heterocycles. The first kappa shape index (κ1) is 18.3. The van der Waals surface area contributed by atoms with Crippen molar-refractivity contribution in [2.24, 2.45) is 5.92 Å². The molecule has 2 aliphatic rings. The maximum Gasteiger partial charge on any atom is 0.328 e. The van der Waals surface area contributed by atoms with Crippen LogP contribution in [0.5, 0.6) is 5.75 Å². The zero-order chi connectivity index (χ0) is 18.0. The monoisotopic (exact) mass is 385 g/mol. The van der Waals surface area contributed by atoms with E-state index in [1.807, 2.05) is 0 Å². The van der Waals surface area contributed by atoms with Crippen molar-refractivity contribution in [2.45, 2.75) is 44.2 Å². The van der Waals surface area contributed by atoms with Crippen molar-refractivity contribution < 1.29 is 19.1 Å². The van der Waals surface area contributed by atoms with Gasteiger partial charge in [-0.2, -0.15) is 0 Å². The van der Waals surface area contributed by atoms with Gasteiger partial charge in [0.2, 0.25) is 0 Å². The van der Waals surface area contributed by atoms with E-state index in [1.54, 1.807) is 23.1 Å². The lowest BCUT2D eigenvalue weighted by Gasteiger charge is -2.33. The van der Waals surface area contributed by atoms with Crippen LogP contribution in [0.25, 0.3) is 0 Å². The molecule has 0 aromatic heterocycles. The fourth-order valence-corrected chi connectivity index (χ4v) is 4.30. The van der Waals surface area contributed by atoms with E-state index < -0.39 is 6.04 Å². The fraction of sp³-hybridized carbons (Fsp3) is 0.556. The summed E-state index contributed by atoms with van der Waals surface area (Å²) in [4.78, 5) is 26.6. The summed E-state index contributed by atoms with van der Waals surface area (Å²) in [7, 11) is 1.36. The molecule has 1 heterocycles. The van der Waals surface area contributed by atoms with Crippen molar-refractivity contribution in [1.29, 1.82) is 0 Å². The Kier molecular flexibility index (Phi) is 5.74. The van der Waals surface area contributed by atoms with Crippen molar-refractivity contribution >= 4 is 35.1 Å². The lowest BCUT2D eigenvalue weighted by Crippen LogP contribution is -2.48. The number of methoxy groups -OCH3 is 1. The summed E-state index contributed by atoms with van der Waals surface area (Å²) in [6.45, 7) is -0.184. The predicted octanol–water partition coefficient (Wildman–Crippen LogP) is 3.70. The van der Waals surface area contributed by atoms with Crippen molar-refractivity contribution in [3.8, 4) is 5.75 Å². The summed E-state index contributed by atoms with van der Waals surface area (Å²) in [6, 6.07) is 4.41. The Morgan fingerprint density at radius 1 is 1.24 bits per heavy atom. The SMILES string of the molecule is COC(=O)[C@@H]1C[C@@H]2CCCC[C@@H]2N1C(=O)COc1cc(Cl)ccc1Cl. The highest BCUT2D eigenvalue weighted by molar-refractivity contribution is 6.34. The summed E-state index contributed by atoms with van der Waals surface area (Å²) >= 11 is 12.0. The lowest BCUT2D eigenvalue weighted by atomic mass is 9.85. The summed E-state index contributed by atoms with van der Waals surface area (Å²) in [5, 5.41) is 0.867. The second-order valence-corrected chi connectivity index (χ2v) is 7.39. The van der Waals surface area contributed by atoms with Gasteiger partial charge in [0.15, 0.2) is 6.61 Å². The number of esters is 1. The van der Waals surface area contributed by atoms with Crippen molar-refractivity contribution in [3.05, 3.63) is 28.2 Å². The van der Waals surface area contributed by atoms with Crippen LogP contribution in [-0.4, -0.2) is 42.6 Å². The van der Waals surface area contributed by atoms with Gasteiger partial charge in [-0.1, -0.05) is 36.0 Å². The topological polar surface area (TPSA) is 55.8 Å². The molecule has 0 spiro atoms. The third-order valence-electron chi connectivity index (χ3n) is 5.09. The molecular formula is C18H21Cl2NO4. The number of rotatable bonds is 4. The van der Waals surface area contributed by atoms with Gasteiger partial charge >= 0.3 is 5.97 Å². The van der Waals surface area contributed by atoms with E-state index in [1.165, 1.54) is 7.11 Å². The second kappa shape index (κ2) is 7.83. The van der Waals surface area contributed by atoms with Gasteiger partial charge in [0, 0.05) is 17.1 Å². The molecule has 136 valence electrons. The Balaban J connectivity index is 1.73. The van der Waals surface area contributed by atoms with Crippen LogP contribution in [0.2, 0.25) is 10.0 Å². The van der Waals surface area contributed by atoms with Crippen LogP contribution in [0.15, 0.2) is 18.2 Å². The predicted molar refractivity (Wildman–Crippen MR) is 95.0 cm³/mol. The number of nitrogens with zero attached hydrogens (tertiary/aromatic N) is 1. The second-order valence-electron chi connectivity index (χ2n) is 6.55. The molecular weight excluding hydrogens is 365 g/mol. The van der Waals surface area contributed by atoms with Crippen molar-refractivity contribution in [1.82, 2.24) is 4.90 Å². The molecule has 1 amide bonds. The zero-order valence-electron chi connectivity index (χ0n) is 14.0. The minimum atomic E-state index is -0.524. The number of fused-ring (bicyclic) bond motifs is 1. The van der Waals surface area contributed by atoms with Gasteiger partial charge in [-0.25, -0.2) is 4.79 Å². The van der Waals surface area contributed by atoms with Gasteiger partial charge in [0.25, 0.3) is 5.91 Å². The molecule has 1 aromatic rings. The Bertz CT molecular complexity index is 666. The molecule has 0 radical (unpaired) electrons. The molecule has 1 saturated carbocycles. The smallest absolute Gasteiger partial charge is 0.328 e. The largest absolute Gasteiger partial charge is 0.482 e. The van der Waals surface area contributed by atoms with E-state index in [0.29, 0.717) is 28.1 Å². The molecule has 3 atom stereocenters. The van der Waals surface area contributed by atoms with Crippen LogP contribution in [0.3, 0.4) is 0 Å². The first-order valence-electron chi connectivity index (χ1n) is 8.48. The van der Waals surface area contributed by atoms with E-state index >= 15 is 0 Å². The molecule has 25 heavy (non-hydrogen) atoms. The Labute approximate surface area is 157 Å². The molecule has 7 heteroatoms. The minimum Gasteiger partial charge on any atom is -0.482 e. The van der Waals surface area contributed by atoms with Gasteiger partial charge in [-0.05, 0) is 37.3 Å². The maximum absolute atomic E-state index is 12.8. The molecule has 1 aliphatic heterocycles. The summed E-state index contributed by atoms with van der Waals surface area (Å²) < 4.78 is 10.5. The number of ether oxygens (including phenoxy) is 2. The summed E-state index contributed by atoms with van der Waals surface area (Å²) in [5.74, 6) is 0.137. The Morgan fingerprint density at radius 3 is 2.76 bits per heavy atom. The van der Waals surface area contributed by atoms with E-state index in [-0.39, 0.29) is 24.5 Å². The first-order chi connectivity index (χ1) is 12.0. The van der Waals surface area contributed by atoms with Crippen molar-refractivity contribution in [3.63, 3.8) is 0 Å². The molecule has 1 aromatic carbocycles. The van der Waals surface area contributed by atoms with E-state index in [4.69, 9.17) is 32.7 Å². The number of amides is 1. The highest BCUT2D eigenvalue weighted by Crippen LogP contribution is 2.40. The molecule has 3 rings (SSSR count). The average Bonchev–Trinajstić information content (AvgIpc) is 3.01. The maximum atomic E-state index is 12.8. The van der Waals surface area contributed by atoms with Crippen LogP contribution in [-0.2, 0) is 14.3 Å². The number of benzene rings is 1. The number of likely N-dealkylation sites (tertiary alicyclic amines) is 1. The van der Waals surface area contributed by atoms with Crippen LogP contribution in [0, 0.1) is 5.92 Å². The molecule has 1 aliphatic carbocycles. The molecule has 0 unspecified atom stereocenters. The van der Waals surface area contributed by atoms with Crippen LogP contribution in [0.1, 0.15) is 32.1 Å². The summed E-state index contributed by atoms with van der Waals surface area (Å²) in [6.07, 6.45) is 4.84. The number of carbonyl (C=O) groups is 2. The molecule has 5 nitrogen and oxygen atoms in total. The quantitative estimate of drug-likeness (QED) is 0.741. The first-order valence-corrected chi connectivity index (χ1v) is 9.23. The number of carbonyl (C=O) groups excluding carboxylic acids is 2. The van der Waals surface area contributed by atoms with Gasteiger partial charge in [-0.3, -0.25) is 4.79 Å². The van der Waals surface area contributed by atoms with Gasteiger partial charge in [-0.15, -0.1) is 0 Å². The fourth-order valence-electron chi connectivity index (χ4n) is 3.97. The van der Waals surface area contributed by atoms with Gasteiger partial charge in [0.05, 0.1) is 12.1 Å². The summed E-state index contributed by atoms with van der Waals surface area (Å²) in [5.41, 5.74) is 0. The Morgan fingerprint density at radius 2 is 2.00 bits per heavy atom. The Hall–Kier alpha value is -1.46. The average molecular weight is 386 g/mol. The highest BCUT2D eigenvalue weighted by Gasteiger charge is 2.47. The van der Waals surface area contributed by atoms with Crippen LogP contribution < -0.4 is 4.74 Å². The van der Waals surface area contributed by atoms with E-state index in [9.17, 15) is 9.59 Å². The molecule has 0 N–H and O–H groups in total. The highest BCUT2D eigenvalue weighted by atomic mass is 35.5. The third-order valence-corrected chi connectivity index (χ3v) is 5.64.